The number of carbonyl (C=O) groups excluding carboxylic acids is 2. The van der Waals surface area contributed by atoms with Crippen LogP contribution in [0.15, 0.2) is 53.0 Å². The van der Waals surface area contributed by atoms with Gasteiger partial charge in [-0.15, -0.1) is 0 Å². The van der Waals surface area contributed by atoms with Crippen LogP contribution in [0.5, 0.6) is 0 Å². The lowest BCUT2D eigenvalue weighted by Crippen LogP contribution is -2.58. The van der Waals surface area contributed by atoms with Crippen LogP contribution in [0.1, 0.15) is 11.6 Å². The monoisotopic (exact) mass is 489 g/mol. The molecule has 0 radical (unpaired) electrons. The third-order valence-corrected chi connectivity index (χ3v) is 6.34. The van der Waals surface area contributed by atoms with Crippen LogP contribution in [0.25, 0.3) is 0 Å². The second kappa shape index (κ2) is 7.52. The average molecular weight is 490 g/mol. The van der Waals surface area contributed by atoms with Crippen LogP contribution < -0.4 is 10.2 Å². The number of non-ortho nitro benzene ring substituents is 1. The third kappa shape index (κ3) is 3.12. The van der Waals surface area contributed by atoms with E-state index in [-0.39, 0.29) is 11.4 Å². The fraction of sp³-hybridized carbons (Fsp3) is 0.250. The van der Waals surface area contributed by atoms with E-state index < -0.39 is 52.7 Å². The summed E-state index contributed by atoms with van der Waals surface area (Å²) in [5.74, 6) is -5.50. The maximum absolute atomic E-state index is 13.4. The minimum atomic E-state index is -2.08. The summed E-state index contributed by atoms with van der Waals surface area (Å²) in [6.45, 7) is -0.918. The van der Waals surface area contributed by atoms with Gasteiger partial charge in [-0.3, -0.25) is 29.8 Å². The van der Waals surface area contributed by atoms with Crippen LogP contribution in [-0.4, -0.2) is 45.1 Å². The second-order valence-electron chi connectivity index (χ2n) is 7.40. The number of anilines is 1. The first-order chi connectivity index (χ1) is 14.7. The third-order valence-electron chi connectivity index (χ3n) is 5.81. The van der Waals surface area contributed by atoms with Crippen molar-refractivity contribution >= 4 is 45.1 Å². The van der Waals surface area contributed by atoms with Crippen molar-refractivity contribution in [1.29, 1.82) is 0 Å². The molecule has 2 aliphatic rings. The van der Waals surface area contributed by atoms with E-state index in [1.807, 2.05) is 0 Å². The van der Waals surface area contributed by atoms with Gasteiger partial charge in [-0.25, -0.2) is 4.90 Å². The molecule has 10 nitrogen and oxygen atoms in total. The fourth-order valence-corrected chi connectivity index (χ4v) is 4.63. The van der Waals surface area contributed by atoms with Crippen molar-refractivity contribution in [1.82, 2.24) is 5.32 Å². The number of nitrogens with one attached hydrogen (secondary N) is 1. The van der Waals surface area contributed by atoms with E-state index in [0.717, 1.165) is 15.4 Å². The topological polar surface area (TPSA) is 150 Å². The second-order valence-corrected chi connectivity index (χ2v) is 8.32. The molecule has 3 N–H and O–H groups in total. The molecule has 2 aliphatic heterocycles. The van der Waals surface area contributed by atoms with Crippen LogP contribution in [0, 0.1) is 22.0 Å². The first-order valence-corrected chi connectivity index (χ1v) is 10.0. The number of amides is 2. The summed E-state index contributed by atoms with van der Waals surface area (Å²) >= 11 is 3.31. The predicted molar refractivity (Wildman–Crippen MR) is 110 cm³/mol. The molecule has 2 aromatic rings. The zero-order valence-electron chi connectivity index (χ0n) is 15.8. The molecule has 31 heavy (non-hydrogen) atoms. The molecule has 0 aliphatic carbocycles. The van der Waals surface area contributed by atoms with Gasteiger partial charge in [0.1, 0.15) is 0 Å². The molecule has 4 atom stereocenters. The molecule has 2 amide bonds. The molecule has 0 spiro atoms. The van der Waals surface area contributed by atoms with Crippen LogP contribution in [0.4, 0.5) is 11.4 Å². The Hall–Kier alpha value is -3.15. The Morgan fingerprint density at radius 2 is 1.87 bits per heavy atom. The molecule has 4 rings (SSSR count). The number of halogens is 1. The molecule has 11 heteroatoms. The summed E-state index contributed by atoms with van der Waals surface area (Å²) < 4.78 is 0.768. The van der Waals surface area contributed by atoms with E-state index in [4.69, 9.17) is 0 Å². The number of hydrogen-bond donors (Lipinski definition) is 3. The molecule has 2 saturated heterocycles. The number of aliphatic carboxylic acids is 1. The highest BCUT2D eigenvalue weighted by Gasteiger charge is 2.68. The van der Waals surface area contributed by atoms with Crippen molar-refractivity contribution in [2.75, 3.05) is 11.5 Å². The molecule has 2 aromatic carbocycles. The minimum Gasteiger partial charge on any atom is -0.480 e. The number of fused-ring (bicyclic) bond motifs is 1. The number of nitrogens with zero attached hydrogens (tertiary/aromatic N) is 2. The number of benzene rings is 2. The average Bonchev–Trinajstić information content (AvgIpc) is 3.23. The van der Waals surface area contributed by atoms with Crippen molar-refractivity contribution in [2.45, 2.75) is 11.6 Å². The normalized spacial score (nSPS) is 27.4. The van der Waals surface area contributed by atoms with E-state index in [2.05, 4.69) is 21.2 Å². The lowest BCUT2D eigenvalue weighted by molar-refractivity contribution is -0.384. The summed E-state index contributed by atoms with van der Waals surface area (Å²) in [5.41, 5.74) is -1.85. The highest BCUT2D eigenvalue weighted by Crippen LogP contribution is 2.50. The highest BCUT2D eigenvalue weighted by atomic mass is 79.9. The summed E-state index contributed by atoms with van der Waals surface area (Å²) in [7, 11) is 0. The van der Waals surface area contributed by atoms with Gasteiger partial charge in [0.05, 0.1) is 29.1 Å². The molecular weight excluding hydrogens is 474 g/mol. The van der Waals surface area contributed by atoms with Gasteiger partial charge in [-0.05, 0) is 23.8 Å². The van der Waals surface area contributed by atoms with Gasteiger partial charge in [0, 0.05) is 22.6 Å². The van der Waals surface area contributed by atoms with Crippen molar-refractivity contribution in [3.63, 3.8) is 0 Å². The van der Waals surface area contributed by atoms with E-state index in [1.54, 1.807) is 24.3 Å². The first-order valence-electron chi connectivity index (χ1n) is 9.21. The Labute approximate surface area is 183 Å². The van der Waals surface area contributed by atoms with Gasteiger partial charge in [0.15, 0.2) is 5.54 Å². The van der Waals surface area contributed by atoms with Crippen LogP contribution in [0.3, 0.4) is 0 Å². The molecule has 4 unspecified atom stereocenters. The van der Waals surface area contributed by atoms with Gasteiger partial charge in [0.25, 0.3) is 5.69 Å². The van der Waals surface area contributed by atoms with Gasteiger partial charge >= 0.3 is 5.97 Å². The number of imide groups is 1. The number of carboxylic acids is 1. The van der Waals surface area contributed by atoms with Crippen LogP contribution in [0.2, 0.25) is 0 Å². The zero-order valence-corrected chi connectivity index (χ0v) is 17.4. The van der Waals surface area contributed by atoms with E-state index in [0.29, 0.717) is 5.56 Å². The molecule has 160 valence electrons. The van der Waals surface area contributed by atoms with Gasteiger partial charge in [0.2, 0.25) is 11.8 Å². The Kier molecular flexibility index (Phi) is 5.12. The number of rotatable bonds is 5. The van der Waals surface area contributed by atoms with Gasteiger partial charge < -0.3 is 10.2 Å². The maximum atomic E-state index is 13.4. The SMILES string of the molecule is O=C1C2C(c3ccc(Br)cc3)NC(CO)(C(=O)O)C2C(=O)N1c1cccc([N+](=O)[O-])c1. The van der Waals surface area contributed by atoms with Crippen molar-refractivity contribution in [2.24, 2.45) is 11.8 Å². The number of nitro benzene ring substituents is 1. The first kappa shape index (κ1) is 21.1. The van der Waals surface area contributed by atoms with Crippen LogP contribution in [-0.2, 0) is 14.4 Å². The molecule has 0 aromatic heterocycles. The summed E-state index contributed by atoms with van der Waals surface area (Å²) in [5, 5.41) is 33.8. The number of carboxylic acid groups (broad SMARTS) is 1. The standard InChI is InChI=1S/C20H16BrN3O7/c21-11-6-4-10(5-7-11)16-14-15(20(9-25,22-16)19(28)29)18(27)23(17(14)26)12-2-1-3-13(8-12)24(30)31/h1-8,14-16,22,25H,9H2,(H,28,29). The summed E-state index contributed by atoms with van der Waals surface area (Å²) in [6.07, 6.45) is 0. The fourth-order valence-electron chi connectivity index (χ4n) is 4.37. The number of carbonyl (C=O) groups is 3. The lowest BCUT2D eigenvalue weighted by atomic mass is 9.80. The van der Waals surface area contributed by atoms with E-state index in [9.17, 15) is 34.7 Å². The van der Waals surface area contributed by atoms with Crippen molar-refractivity contribution in [3.05, 3.63) is 68.7 Å². The van der Waals surface area contributed by atoms with Crippen molar-refractivity contribution in [3.8, 4) is 0 Å². The largest absolute Gasteiger partial charge is 0.480 e. The zero-order chi connectivity index (χ0) is 22.5. The molecule has 2 heterocycles. The Morgan fingerprint density at radius 3 is 2.45 bits per heavy atom. The number of hydrogen-bond acceptors (Lipinski definition) is 7. The molecule has 0 bridgehead atoms. The smallest absolute Gasteiger partial charge is 0.327 e. The van der Waals surface area contributed by atoms with E-state index >= 15 is 0 Å². The van der Waals surface area contributed by atoms with Crippen LogP contribution >= 0.6 is 15.9 Å². The highest BCUT2D eigenvalue weighted by molar-refractivity contribution is 9.10. The maximum Gasteiger partial charge on any atom is 0.327 e. The minimum absolute atomic E-state index is 0.0228. The Morgan fingerprint density at radius 1 is 1.19 bits per heavy atom. The van der Waals surface area contributed by atoms with Gasteiger partial charge in [-0.1, -0.05) is 34.1 Å². The van der Waals surface area contributed by atoms with Crippen molar-refractivity contribution < 1.29 is 29.5 Å². The molecule has 2 fully saturated rings. The lowest BCUT2D eigenvalue weighted by Gasteiger charge is -2.29. The Bertz CT molecular complexity index is 1110. The molecular formula is C20H16BrN3O7. The summed E-state index contributed by atoms with van der Waals surface area (Å²) in [4.78, 5) is 50.1. The number of nitro groups is 1. The summed E-state index contributed by atoms with van der Waals surface area (Å²) in [6, 6.07) is 10.9. The predicted octanol–water partition coefficient (Wildman–Crippen LogP) is 1.62. The number of aliphatic hydroxyl groups excluding tert-OH is 1. The molecule has 0 saturated carbocycles. The number of aliphatic hydroxyl groups is 1. The van der Waals surface area contributed by atoms with E-state index in [1.165, 1.54) is 18.2 Å². The van der Waals surface area contributed by atoms with Gasteiger partial charge in [-0.2, -0.15) is 0 Å². The quantitative estimate of drug-likeness (QED) is 0.325. The Balaban J connectivity index is 1.84.